The zero-order valence-corrected chi connectivity index (χ0v) is 10.9. The van der Waals surface area contributed by atoms with Crippen LogP contribution in [0.15, 0.2) is 0 Å². The molecule has 1 atom stereocenters. The van der Waals surface area contributed by atoms with Gasteiger partial charge in [0.1, 0.15) is 0 Å². The quantitative estimate of drug-likeness (QED) is 0.711. The Balaban J connectivity index is 4.50. The topological polar surface area (TPSA) is 20.2 Å². The molecular weight excluding hydrogens is 172 g/mol. The largest absolute Gasteiger partial charge is 0.389 e. The fourth-order valence-corrected chi connectivity index (χ4v) is 1.93. The van der Waals surface area contributed by atoms with Gasteiger partial charge in [-0.3, -0.25) is 0 Å². The summed E-state index contributed by atoms with van der Waals surface area (Å²) in [5, 5.41) is 10.6. The second-order valence-electron chi connectivity index (χ2n) is 5.98. The highest BCUT2D eigenvalue weighted by molar-refractivity contribution is 4.90. The summed E-state index contributed by atoms with van der Waals surface area (Å²) in [5.41, 5.74) is -0.496. The lowest BCUT2D eigenvalue weighted by molar-refractivity contribution is -0.0806. The molecule has 0 aromatic carbocycles. The highest BCUT2D eigenvalue weighted by Gasteiger charge is 2.39. The normalized spacial score (nSPS) is 17.1. The number of rotatable bonds is 5. The van der Waals surface area contributed by atoms with Crippen molar-refractivity contribution in [1.29, 1.82) is 0 Å². The van der Waals surface area contributed by atoms with E-state index < -0.39 is 5.60 Å². The molecule has 1 heteroatoms. The SMILES string of the molecule is CCCCC(O)(CC(C)C)C(C)(C)C. The molecule has 0 saturated heterocycles. The zero-order valence-electron chi connectivity index (χ0n) is 10.9. The first-order chi connectivity index (χ1) is 6.23. The molecule has 0 radical (unpaired) electrons. The molecule has 0 aliphatic carbocycles. The van der Waals surface area contributed by atoms with E-state index in [2.05, 4.69) is 41.5 Å². The molecule has 0 saturated carbocycles. The molecule has 0 aliphatic rings. The molecule has 0 spiro atoms. The van der Waals surface area contributed by atoms with Crippen LogP contribution in [-0.2, 0) is 0 Å². The van der Waals surface area contributed by atoms with Gasteiger partial charge in [0.05, 0.1) is 5.60 Å². The molecule has 14 heavy (non-hydrogen) atoms. The van der Waals surface area contributed by atoms with E-state index >= 15 is 0 Å². The van der Waals surface area contributed by atoms with Gasteiger partial charge in [-0.05, 0) is 24.2 Å². The maximum atomic E-state index is 10.6. The van der Waals surface area contributed by atoms with Crippen molar-refractivity contribution < 1.29 is 5.11 Å². The van der Waals surface area contributed by atoms with E-state index in [0.29, 0.717) is 5.92 Å². The maximum absolute atomic E-state index is 10.6. The summed E-state index contributed by atoms with van der Waals surface area (Å²) in [5.74, 6) is 0.566. The van der Waals surface area contributed by atoms with E-state index in [-0.39, 0.29) is 5.41 Å². The van der Waals surface area contributed by atoms with Crippen LogP contribution in [0.25, 0.3) is 0 Å². The van der Waals surface area contributed by atoms with Crippen LogP contribution in [-0.4, -0.2) is 10.7 Å². The Morgan fingerprint density at radius 2 is 1.64 bits per heavy atom. The number of hydrogen-bond acceptors (Lipinski definition) is 1. The smallest absolute Gasteiger partial charge is 0.0698 e. The number of hydrogen-bond donors (Lipinski definition) is 1. The van der Waals surface area contributed by atoms with Crippen LogP contribution in [0.1, 0.15) is 67.2 Å². The van der Waals surface area contributed by atoms with Crippen LogP contribution in [0.3, 0.4) is 0 Å². The van der Waals surface area contributed by atoms with Gasteiger partial charge in [0.25, 0.3) is 0 Å². The first-order valence-corrected chi connectivity index (χ1v) is 5.95. The lowest BCUT2D eigenvalue weighted by Crippen LogP contribution is -2.43. The molecule has 0 rings (SSSR count). The monoisotopic (exact) mass is 200 g/mol. The van der Waals surface area contributed by atoms with Gasteiger partial charge in [-0.2, -0.15) is 0 Å². The van der Waals surface area contributed by atoms with Gasteiger partial charge in [-0.15, -0.1) is 0 Å². The average Bonchev–Trinajstić information content (AvgIpc) is 1.97. The summed E-state index contributed by atoms with van der Waals surface area (Å²) in [4.78, 5) is 0. The Bertz CT molecular complexity index is 155. The molecule has 0 amide bonds. The summed E-state index contributed by atoms with van der Waals surface area (Å²) in [6.45, 7) is 13.0. The van der Waals surface area contributed by atoms with E-state index in [1.165, 1.54) is 0 Å². The van der Waals surface area contributed by atoms with E-state index in [1.54, 1.807) is 0 Å². The van der Waals surface area contributed by atoms with Gasteiger partial charge in [0, 0.05) is 0 Å². The van der Waals surface area contributed by atoms with E-state index in [0.717, 1.165) is 25.7 Å². The zero-order chi connectivity index (χ0) is 11.4. The summed E-state index contributed by atoms with van der Waals surface area (Å²) in [6, 6.07) is 0. The Kier molecular flexibility index (Phi) is 5.14. The van der Waals surface area contributed by atoms with E-state index in [9.17, 15) is 5.11 Å². The molecule has 1 nitrogen and oxygen atoms in total. The van der Waals surface area contributed by atoms with Crippen molar-refractivity contribution in [2.24, 2.45) is 11.3 Å². The maximum Gasteiger partial charge on any atom is 0.0698 e. The Morgan fingerprint density at radius 1 is 1.14 bits per heavy atom. The first-order valence-electron chi connectivity index (χ1n) is 5.95. The van der Waals surface area contributed by atoms with Crippen LogP contribution in [0.5, 0.6) is 0 Å². The second-order valence-corrected chi connectivity index (χ2v) is 5.98. The lowest BCUT2D eigenvalue weighted by atomic mass is 9.69. The molecule has 0 bridgehead atoms. The van der Waals surface area contributed by atoms with Crippen molar-refractivity contribution >= 4 is 0 Å². The van der Waals surface area contributed by atoms with Crippen molar-refractivity contribution in [3.05, 3.63) is 0 Å². The minimum atomic E-state index is -0.489. The fraction of sp³-hybridized carbons (Fsp3) is 1.00. The van der Waals surface area contributed by atoms with Gasteiger partial charge >= 0.3 is 0 Å². The number of aliphatic hydroxyl groups is 1. The van der Waals surface area contributed by atoms with Crippen molar-refractivity contribution in [2.45, 2.75) is 72.8 Å². The van der Waals surface area contributed by atoms with E-state index in [1.807, 2.05) is 0 Å². The third-order valence-corrected chi connectivity index (χ3v) is 3.09. The molecule has 1 unspecified atom stereocenters. The molecule has 0 aromatic rings. The second kappa shape index (κ2) is 5.16. The van der Waals surface area contributed by atoms with Crippen molar-refractivity contribution in [3.8, 4) is 0 Å². The van der Waals surface area contributed by atoms with Crippen LogP contribution < -0.4 is 0 Å². The minimum Gasteiger partial charge on any atom is -0.389 e. The molecule has 1 N–H and O–H groups in total. The molecule has 86 valence electrons. The van der Waals surface area contributed by atoms with Crippen molar-refractivity contribution in [1.82, 2.24) is 0 Å². The van der Waals surface area contributed by atoms with Crippen LogP contribution >= 0.6 is 0 Å². The fourth-order valence-electron chi connectivity index (χ4n) is 1.93. The summed E-state index contributed by atoms with van der Waals surface area (Å²) in [6.07, 6.45) is 4.14. The van der Waals surface area contributed by atoms with Gasteiger partial charge in [0.15, 0.2) is 0 Å². The first kappa shape index (κ1) is 14.0. The average molecular weight is 200 g/mol. The predicted molar refractivity (Wildman–Crippen MR) is 63.4 cm³/mol. The summed E-state index contributed by atoms with van der Waals surface area (Å²) in [7, 11) is 0. The highest BCUT2D eigenvalue weighted by Crippen LogP contribution is 2.39. The summed E-state index contributed by atoms with van der Waals surface area (Å²) >= 11 is 0. The molecular formula is C13H28O. The predicted octanol–water partition coefficient (Wildman–Crippen LogP) is 4.00. The van der Waals surface area contributed by atoms with Crippen molar-refractivity contribution in [2.75, 3.05) is 0 Å². The standard InChI is InChI=1S/C13H28O/c1-7-8-9-13(14,10-11(2)3)12(4,5)6/h11,14H,7-10H2,1-6H3. The van der Waals surface area contributed by atoms with Crippen molar-refractivity contribution in [3.63, 3.8) is 0 Å². The van der Waals surface area contributed by atoms with Gasteiger partial charge < -0.3 is 5.11 Å². The van der Waals surface area contributed by atoms with Crippen LogP contribution in [0.2, 0.25) is 0 Å². The van der Waals surface area contributed by atoms with Gasteiger partial charge in [-0.1, -0.05) is 54.4 Å². The molecule has 0 fully saturated rings. The van der Waals surface area contributed by atoms with Crippen LogP contribution in [0, 0.1) is 11.3 Å². The third kappa shape index (κ3) is 4.00. The third-order valence-electron chi connectivity index (χ3n) is 3.09. The van der Waals surface area contributed by atoms with Gasteiger partial charge in [-0.25, -0.2) is 0 Å². The Hall–Kier alpha value is -0.0400. The number of unbranched alkanes of at least 4 members (excludes halogenated alkanes) is 1. The van der Waals surface area contributed by atoms with E-state index in [4.69, 9.17) is 0 Å². The molecule has 0 heterocycles. The highest BCUT2D eigenvalue weighted by atomic mass is 16.3. The minimum absolute atomic E-state index is 0.00750. The Labute approximate surface area is 89.9 Å². The summed E-state index contributed by atoms with van der Waals surface area (Å²) < 4.78 is 0. The van der Waals surface area contributed by atoms with Gasteiger partial charge in [0.2, 0.25) is 0 Å². The van der Waals surface area contributed by atoms with Crippen LogP contribution in [0.4, 0.5) is 0 Å². The molecule has 0 aliphatic heterocycles. The lowest BCUT2D eigenvalue weighted by Gasteiger charge is -2.42. The Morgan fingerprint density at radius 3 is 1.93 bits per heavy atom. The molecule has 0 aromatic heterocycles.